The topological polar surface area (TPSA) is 41.5 Å². The zero-order valence-corrected chi connectivity index (χ0v) is 11.0. The number of ether oxygens (including phenoxy) is 1. The molecule has 94 valence electrons. The highest BCUT2D eigenvalue weighted by Crippen LogP contribution is 2.40. The summed E-state index contributed by atoms with van der Waals surface area (Å²) in [5.41, 5.74) is 6.92. The first-order valence-corrected chi connectivity index (χ1v) is 6.32. The molecule has 0 saturated carbocycles. The van der Waals surface area contributed by atoms with Crippen molar-refractivity contribution < 1.29 is 9.94 Å². The second-order valence-corrected chi connectivity index (χ2v) is 4.83. The molecule has 1 aliphatic rings. The van der Waals surface area contributed by atoms with E-state index >= 15 is 0 Å². The van der Waals surface area contributed by atoms with E-state index < -0.39 is 0 Å². The minimum Gasteiger partial charge on any atom is -0.495 e. The second-order valence-electron chi connectivity index (χ2n) is 4.45. The van der Waals surface area contributed by atoms with Gasteiger partial charge in [0.2, 0.25) is 0 Å². The molecular formula is C13H18ClNO2. The molecule has 0 heterocycles. The Kier molecular flexibility index (Phi) is 3.92. The average Bonchev–Trinajstić information content (AvgIpc) is 2.36. The number of hydrogen-bond acceptors (Lipinski definition) is 3. The van der Waals surface area contributed by atoms with Crippen LogP contribution in [-0.4, -0.2) is 12.3 Å². The lowest BCUT2D eigenvalue weighted by molar-refractivity contribution is 0.160. The third-order valence-electron chi connectivity index (χ3n) is 3.57. The van der Waals surface area contributed by atoms with Crippen LogP contribution < -0.4 is 10.2 Å². The van der Waals surface area contributed by atoms with Crippen molar-refractivity contribution in [2.75, 3.05) is 7.11 Å². The smallest absolute Gasteiger partial charge is 0.142 e. The number of methoxy groups -OCH3 is 1. The Morgan fingerprint density at radius 2 is 1.94 bits per heavy atom. The normalized spacial score (nSPS) is 14.6. The molecule has 3 nitrogen and oxygen atoms in total. The van der Waals surface area contributed by atoms with Gasteiger partial charge in [-0.15, -0.1) is 0 Å². The molecule has 2 N–H and O–H groups in total. The van der Waals surface area contributed by atoms with Crippen LogP contribution in [-0.2, 0) is 19.4 Å². The Bertz CT molecular complexity index is 432. The van der Waals surface area contributed by atoms with Gasteiger partial charge in [0.15, 0.2) is 0 Å². The van der Waals surface area contributed by atoms with Crippen LogP contribution in [0.4, 0.5) is 0 Å². The predicted octanol–water partition coefficient (Wildman–Crippen LogP) is 3.01. The van der Waals surface area contributed by atoms with E-state index in [9.17, 15) is 0 Å². The third-order valence-corrected chi connectivity index (χ3v) is 3.97. The zero-order chi connectivity index (χ0) is 12.4. The number of nitrogens with one attached hydrogen (secondary N) is 1. The number of fused-ring (bicyclic) bond motifs is 1. The van der Waals surface area contributed by atoms with Crippen molar-refractivity contribution in [2.45, 2.75) is 39.2 Å². The number of hydroxylamine groups is 1. The molecule has 0 radical (unpaired) electrons. The molecule has 1 aromatic carbocycles. The van der Waals surface area contributed by atoms with Crippen LogP contribution in [0.2, 0.25) is 5.02 Å². The lowest BCUT2D eigenvalue weighted by Crippen LogP contribution is -2.14. The molecule has 0 aliphatic heterocycles. The lowest BCUT2D eigenvalue weighted by atomic mass is 9.86. The number of rotatable bonds is 3. The van der Waals surface area contributed by atoms with Crippen LogP contribution in [0, 0.1) is 6.92 Å². The van der Waals surface area contributed by atoms with E-state index in [-0.39, 0.29) is 0 Å². The molecule has 0 saturated heterocycles. The summed E-state index contributed by atoms with van der Waals surface area (Å²) in [6.07, 6.45) is 4.50. The maximum Gasteiger partial charge on any atom is 0.142 e. The van der Waals surface area contributed by atoms with Crippen LogP contribution >= 0.6 is 11.6 Å². The molecule has 0 fully saturated rings. The Hall–Kier alpha value is -0.770. The van der Waals surface area contributed by atoms with Crippen molar-refractivity contribution in [3.05, 3.63) is 27.3 Å². The largest absolute Gasteiger partial charge is 0.495 e. The Balaban J connectivity index is 2.63. The lowest BCUT2D eigenvalue weighted by Gasteiger charge is -2.24. The van der Waals surface area contributed by atoms with Crippen molar-refractivity contribution in [3.63, 3.8) is 0 Å². The minimum absolute atomic E-state index is 0.363. The predicted molar refractivity (Wildman–Crippen MR) is 68.0 cm³/mol. The van der Waals surface area contributed by atoms with Gasteiger partial charge in [0.05, 0.1) is 12.1 Å². The van der Waals surface area contributed by atoms with E-state index in [2.05, 4.69) is 12.4 Å². The monoisotopic (exact) mass is 255 g/mol. The molecule has 0 amide bonds. The van der Waals surface area contributed by atoms with Gasteiger partial charge < -0.3 is 9.94 Å². The summed E-state index contributed by atoms with van der Waals surface area (Å²) in [4.78, 5) is 0. The second kappa shape index (κ2) is 5.25. The fourth-order valence-corrected chi connectivity index (χ4v) is 3.09. The molecule has 0 aromatic heterocycles. The van der Waals surface area contributed by atoms with Gasteiger partial charge in [-0.05, 0) is 49.3 Å². The van der Waals surface area contributed by atoms with Crippen LogP contribution in [0.3, 0.4) is 0 Å². The van der Waals surface area contributed by atoms with Gasteiger partial charge in [0, 0.05) is 12.1 Å². The van der Waals surface area contributed by atoms with Gasteiger partial charge in [0.1, 0.15) is 5.75 Å². The van der Waals surface area contributed by atoms with Gasteiger partial charge in [-0.25, -0.2) is 5.48 Å². The maximum absolute atomic E-state index is 8.91. The Morgan fingerprint density at radius 1 is 1.29 bits per heavy atom. The summed E-state index contributed by atoms with van der Waals surface area (Å²) in [5, 5.41) is 9.63. The summed E-state index contributed by atoms with van der Waals surface area (Å²) < 4.78 is 5.39. The quantitative estimate of drug-likeness (QED) is 0.816. The highest BCUT2D eigenvalue weighted by molar-refractivity contribution is 6.33. The van der Waals surface area contributed by atoms with Crippen LogP contribution in [0.5, 0.6) is 5.75 Å². The van der Waals surface area contributed by atoms with E-state index in [4.69, 9.17) is 21.5 Å². The molecule has 0 spiro atoms. The van der Waals surface area contributed by atoms with E-state index in [0.29, 0.717) is 12.3 Å². The first-order chi connectivity index (χ1) is 8.20. The van der Waals surface area contributed by atoms with Crippen LogP contribution in [0.15, 0.2) is 0 Å². The van der Waals surface area contributed by atoms with E-state index in [1.54, 1.807) is 7.11 Å². The van der Waals surface area contributed by atoms with E-state index in [1.165, 1.54) is 29.5 Å². The first kappa shape index (κ1) is 12.7. The van der Waals surface area contributed by atoms with Crippen LogP contribution in [0.25, 0.3) is 0 Å². The highest BCUT2D eigenvalue weighted by atomic mass is 35.5. The summed E-state index contributed by atoms with van der Waals surface area (Å²) in [6, 6.07) is 0. The molecule has 1 aromatic rings. The summed E-state index contributed by atoms with van der Waals surface area (Å²) in [6.45, 7) is 2.44. The molecule has 0 atom stereocenters. The van der Waals surface area contributed by atoms with Gasteiger partial charge in [-0.3, -0.25) is 0 Å². The standard InChI is InChI=1S/C13H18ClNO2/c1-8-9-5-3-4-6-10(9)12(14)13(17-2)11(8)7-15-16/h15-16H,3-7H2,1-2H3. The molecule has 4 heteroatoms. The minimum atomic E-state index is 0.363. The summed E-state index contributed by atoms with van der Waals surface area (Å²) in [5.74, 6) is 0.700. The molecule has 0 bridgehead atoms. The third kappa shape index (κ3) is 2.15. The Morgan fingerprint density at radius 3 is 2.53 bits per heavy atom. The van der Waals surface area contributed by atoms with Crippen molar-refractivity contribution in [1.82, 2.24) is 5.48 Å². The van der Waals surface area contributed by atoms with Crippen molar-refractivity contribution >= 4 is 11.6 Å². The number of halogens is 1. The van der Waals surface area contributed by atoms with Gasteiger partial charge >= 0.3 is 0 Å². The average molecular weight is 256 g/mol. The van der Waals surface area contributed by atoms with Gasteiger partial charge in [-0.2, -0.15) is 0 Å². The number of hydrogen-bond donors (Lipinski definition) is 2. The SMILES string of the molecule is COc1c(Cl)c2c(c(C)c1CNO)CCCC2. The summed E-state index contributed by atoms with van der Waals surface area (Å²) >= 11 is 6.41. The molecular weight excluding hydrogens is 238 g/mol. The fraction of sp³-hybridized carbons (Fsp3) is 0.538. The van der Waals surface area contributed by atoms with Crippen molar-refractivity contribution in [1.29, 1.82) is 0 Å². The molecule has 2 rings (SSSR count). The van der Waals surface area contributed by atoms with Crippen molar-refractivity contribution in [2.24, 2.45) is 0 Å². The van der Waals surface area contributed by atoms with E-state index in [1.807, 2.05) is 0 Å². The highest BCUT2D eigenvalue weighted by Gasteiger charge is 2.22. The van der Waals surface area contributed by atoms with Gasteiger partial charge in [-0.1, -0.05) is 11.6 Å². The molecule has 1 aliphatic carbocycles. The van der Waals surface area contributed by atoms with Gasteiger partial charge in [0.25, 0.3) is 0 Å². The molecule has 0 unspecified atom stereocenters. The Labute approximate surface area is 107 Å². The number of benzene rings is 1. The fourth-order valence-electron chi connectivity index (χ4n) is 2.69. The van der Waals surface area contributed by atoms with Crippen molar-refractivity contribution in [3.8, 4) is 5.75 Å². The first-order valence-electron chi connectivity index (χ1n) is 5.94. The summed E-state index contributed by atoms with van der Waals surface area (Å²) in [7, 11) is 1.62. The maximum atomic E-state index is 8.91. The van der Waals surface area contributed by atoms with E-state index in [0.717, 1.165) is 23.4 Å². The molecule has 17 heavy (non-hydrogen) atoms. The van der Waals surface area contributed by atoms with Crippen LogP contribution in [0.1, 0.15) is 35.1 Å². The zero-order valence-electron chi connectivity index (χ0n) is 10.3.